The van der Waals surface area contributed by atoms with Gasteiger partial charge in [0, 0.05) is 13.0 Å². The lowest BCUT2D eigenvalue weighted by Crippen LogP contribution is -2.19. The third-order valence-electron chi connectivity index (χ3n) is 1.41. The van der Waals surface area contributed by atoms with Gasteiger partial charge in [-0.15, -0.1) is 12.3 Å². The van der Waals surface area contributed by atoms with E-state index in [2.05, 4.69) is 16.0 Å². The number of hydrogen-bond acceptors (Lipinski definition) is 3. The highest BCUT2D eigenvalue weighted by Gasteiger charge is 1.97. The standard InChI is InChI=1S/C9H15NO2/c1-3-4-5-7-10-8-6-9(11)12-2/h1,10H,4-8H2,2H3. The molecule has 0 aliphatic heterocycles. The summed E-state index contributed by atoms with van der Waals surface area (Å²) in [6, 6.07) is 0. The second-order valence-corrected chi connectivity index (χ2v) is 2.38. The molecule has 3 nitrogen and oxygen atoms in total. The molecule has 0 aromatic rings. The lowest BCUT2D eigenvalue weighted by Gasteiger charge is -2.01. The molecular formula is C9H15NO2. The Hall–Kier alpha value is -1.01. The number of unbranched alkanes of at least 4 members (excludes halogenated alkanes) is 1. The summed E-state index contributed by atoms with van der Waals surface area (Å²) in [5, 5.41) is 3.09. The Morgan fingerprint density at radius 3 is 2.92 bits per heavy atom. The zero-order valence-corrected chi connectivity index (χ0v) is 7.43. The molecule has 0 spiro atoms. The summed E-state index contributed by atoms with van der Waals surface area (Å²) in [5.41, 5.74) is 0. The van der Waals surface area contributed by atoms with E-state index in [1.54, 1.807) is 0 Å². The van der Waals surface area contributed by atoms with Crippen LogP contribution in [-0.2, 0) is 9.53 Å². The molecule has 0 heterocycles. The van der Waals surface area contributed by atoms with E-state index in [9.17, 15) is 4.79 Å². The Morgan fingerprint density at radius 1 is 1.58 bits per heavy atom. The molecule has 0 aromatic carbocycles. The van der Waals surface area contributed by atoms with Crippen molar-refractivity contribution in [1.29, 1.82) is 0 Å². The number of ether oxygens (including phenoxy) is 1. The van der Waals surface area contributed by atoms with Gasteiger partial charge in [-0.1, -0.05) is 0 Å². The van der Waals surface area contributed by atoms with Crippen LogP contribution in [0.25, 0.3) is 0 Å². The number of hydrogen-bond donors (Lipinski definition) is 1. The first kappa shape index (κ1) is 11.0. The molecule has 0 bridgehead atoms. The van der Waals surface area contributed by atoms with Crippen molar-refractivity contribution in [3.8, 4) is 12.3 Å². The monoisotopic (exact) mass is 169 g/mol. The SMILES string of the molecule is C#CCCCNCCC(=O)OC. The number of carbonyl (C=O) groups excluding carboxylic acids is 1. The van der Waals surface area contributed by atoms with Crippen LogP contribution in [0.2, 0.25) is 0 Å². The highest BCUT2D eigenvalue weighted by molar-refractivity contribution is 5.69. The molecule has 0 rings (SSSR count). The quantitative estimate of drug-likeness (QED) is 0.358. The van der Waals surface area contributed by atoms with Gasteiger partial charge in [-0.05, 0) is 13.0 Å². The summed E-state index contributed by atoms with van der Waals surface area (Å²) < 4.78 is 4.47. The second-order valence-electron chi connectivity index (χ2n) is 2.38. The molecule has 68 valence electrons. The largest absolute Gasteiger partial charge is 0.469 e. The van der Waals surface area contributed by atoms with Crippen LogP contribution in [0.1, 0.15) is 19.3 Å². The van der Waals surface area contributed by atoms with Gasteiger partial charge in [0.1, 0.15) is 0 Å². The molecule has 0 fully saturated rings. The Kier molecular flexibility index (Phi) is 7.41. The molecule has 0 unspecified atom stereocenters. The average Bonchev–Trinajstić information content (AvgIpc) is 2.10. The smallest absolute Gasteiger partial charge is 0.306 e. The Labute approximate surface area is 73.5 Å². The van der Waals surface area contributed by atoms with Crippen LogP contribution in [0.4, 0.5) is 0 Å². The third kappa shape index (κ3) is 7.10. The van der Waals surface area contributed by atoms with Crippen LogP contribution >= 0.6 is 0 Å². The van der Waals surface area contributed by atoms with Gasteiger partial charge >= 0.3 is 5.97 Å². The molecule has 3 heteroatoms. The highest BCUT2D eigenvalue weighted by Crippen LogP contribution is 1.84. The first-order valence-corrected chi connectivity index (χ1v) is 4.02. The minimum Gasteiger partial charge on any atom is -0.469 e. The van der Waals surface area contributed by atoms with Crippen LogP contribution in [-0.4, -0.2) is 26.2 Å². The molecule has 12 heavy (non-hydrogen) atoms. The Morgan fingerprint density at radius 2 is 2.33 bits per heavy atom. The molecule has 0 amide bonds. The fraction of sp³-hybridized carbons (Fsp3) is 0.667. The summed E-state index contributed by atoms with van der Waals surface area (Å²) >= 11 is 0. The van der Waals surface area contributed by atoms with Crippen molar-refractivity contribution in [3.63, 3.8) is 0 Å². The summed E-state index contributed by atoms with van der Waals surface area (Å²) in [5.74, 6) is 2.37. The fourth-order valence-corrected chi connectivity index (χ4v) is 0.733. The molecule has 0 saturated carbocycles. The first-order valence-electron chi connectivity index (χ1n) is 4.02. The third-order valence-corrected chi connectivity index (χ3v) is 1.41. The van der Waals surface area contributed by atoms with Crippen molar-refractivity contribution in [3.05, 3.63) is 0 Å². The van der Waals surface area contributed by atoms with Crippen LogP contribution in [0, 0.1) is 12.3 Å². The highest BCUT2D eigenvalue weighted by atomic mass is 16.5. The maximum absolute atomic E-state index is 10.6. The van der Waals surface area contributed by atoms with Crippen LogP contribution in [0.15, 0.2) is 0 Å². The molecule has 0 aliphatic rings. The fourth-order valence-electron chi connectivity index (χ4n) is 0.733. The van der Waals surface area contributed by atoms with Crippen LogP contribution in [0.3, 0.4) is 0 Å². The van der Waals surface area contributed by atoms with Crippen molar-refractivity contribution >= 4 is 5.97 Å². The normalized spacial score (nSPS) is 9.00. The topological polar surface area (TPSA) is 38.3 Å². The van der Waals surface area contributed by atoms with E-state index >= 15 is 0 Å². The Bertz CT molecular complexity index is 160. The minimum absolute atomic E-state index is 0.181. The molecule has 1 N–H and O–H groups in total. The molecular weight excluding hydrogens is 154 g/mol. The predicted molar refractivity (Wildman–Crippen MR) is 47.6 cm³/mol. The summed E-state index contributed by atoms with van der Waals surface area (Å²) in [4.78, 5) is 10.6. The zero-order chi connectivity index (χ0) is 9.23. The maximum Gasteiger partial charge on any atom is 0.306 e. The molecule has 0 atom stereocenters. The van der Waals surface area contributed by atoms with Gasteiger partial charge < -0.3 is 10.1 Å². The van der Waals surface area contributed by atoms with Gasteiger partial charge in [-0.3, -0.25) is 4.79 Å². The number of terminal acetylenes is 1. The van der Waals surface area contributed by atoms with Gasteiger partial charge in [0.25, 0.3) is 0 Å². The van der Waals surface area contributed by atoms with Crippen molar-refractivity contribution in [2.45, 2.75) is 19.3 Å². The molecule has 0 radical (unpaired) electrons. The number of rotatable bonds is 6. The predicted octanol–water partition coefficient (Wildman–Crippen LogP) is 0.552. The van der Waals surface area contributed by atoms with E-state index in [0.29, 0.717) is 13.0 Å². The van der Waals surface area contributed by atoms with Gasteiger partial charge in [-0.25, -0.2) is 0 Å². The maximum atomic E-state index is 10.6. The number of carbonyl (C=O) groups is 1. The summed E-state index contributed by atoms with van der Waals surface area (Å²) in [6.45, 7) is 1.53. The van der Waals surface area contributed by atoms with E-state index in [4.69, 9.17) is 6.42 Å². The summed E-state index contributed by atoms with van der Waals surface area (Å²) in [6.07, 6.45) is 7.22. The minimum atomic E-state index is -0.181. The van der Waals surface area contributed by atoms with E-state index in [1.165, 1.54) is 7.11 Å². The number of esters is 1. The molecule has 0 aliphatic carbocycles. The van der Waals surface area contributed by atoms with Gasteiger partial charge in [0.05, 0.1) is 13.5 Å². The van der Waals surface area contributed by atoms with E-state index in [1.807, 2.05) is 0 Å². The van der Waals surface area contributed by atoms with E-state index in [-0.39, 0.29) is 5.97 Å². The number of nitrogens with one attached hydrogen (secondary N) is 1. The van der Waals surface area contributed by atoms with Crippen molar-refractivity contribution < 1.29 is 9.53 Å². The second kappa shape index (κ2) is 8.09. The molecule has 0 saturated heterocycles. The van der Waals surface area contributed by atoms with Crippen LogP contribution in [0.5, 0.6) is 0 Å². The number of methoxy groups -OCH3 is 1. The lowest BCUT2D eigenvalue weighted by atomic mass is 10.3. The molecule has 0 aromatic heterocycles. The van der Waals surface area contributed by atoms with Gasteiger partial charge in [-0.2, -0.15) is 0 Å². The van der Waals surface area contributed by atoms with Crippen LogP contribution < -0.4 is 5.32 Å². The van der Waals surface area contributed by atoms with Gasteiger partial charge in [0.15, 0.2) is 0 Å². The van der Waals surface area contributed by atoms with E-state index in [0.717, 1.165) is 19.4 Å². The first-order chi connectivity index (χ1) is 5.81. The van der Waals surface area contributed by atoms with Crippen molar-refractivity contribution in [2.75, 3.05) is 20.2 Å². The zero-order valence-electron chi connectivity index (χ0n) is 7.43. The van der Waals surface area contributed by atoms with Gasteiger partial charge in [0.2, 0.25) is 0 Å². The lowest BCUT2D eigenvalue weighted by molar-refractivity contribution is -0.140. The van der Waals surface area contributed by atoms with E-state index < -0.39 is 0 Å². The Balaban J connectivity index is 3.01. The average molecular weight is 169 g/mol. The van der Waals surface area contributed by atoms with Crippen molar-refractivity contribution in [1.82, 2.24) is 5.32 Å². The summed E-state index contributed by atoms with van der Waals surface area (Å²) in [7, 11) is 1.39. The van der Waals surface area contributed by atoms with Crippen molar-refractivity contribution in [2.24, 2.45) is 0 Å².